The molecule has 1 aromatic heterocycles. The van der Waals surface area contributed by atoms with Crippen LogP contribution in [0.2, 0.25) is 0 Å². The van der Waals surface area contributed by atoms with E-state index in [0.29, 0.717) is 23.2 Å². The molecule has 1 aromatic carbocycles. The SMILES string of the molecule is CC(C)C12C3CCC1C2c1cccc(NC(=O)c2cn(C)nc2C(F)F)c13. The Kier molecular flexibility index (Phi) is 3.38. The second-order valence-electron chi connectivity index (χ2n) is 8.53. The molecule has 1 N–H and O–H groups in total. The minimum atomic E-state index is -2.78. The maximum Gasteiger partial charge on any atom is 0.282 e. The summed E-state index contributed by atoms with van der Waals surface area (Å²) in [5.41, 5.74) is 3.18. The number of amides is 1. The van der Waals surface area contributed by atoms with E-state index >= 15 is 0 Å². The first-order chi connectivity index (χ1) is 12.9. The third kappa shape index (κ3) is 2.01. The number of benzene rings is 1. The summed E-state index contributed by atoms with van der Waals surface area (Å²) in [6.07, 6.45) is 0.974. The van der Waals surface area contributed by atoms with Gasteiger partial charge in [-0.1, -0.05) is 26.0 Å². The van der Waals surface area contributed by atoms with Gasteiger partial charge in [-0.15, -0.1) is 0 Å². The van der Waals surface area contributed by atoms with Crippen molar-refractivity contribution in [3.8, 4) is 0 Å². The van der Waals surface area contributed by atoms with Gasteiger partial charge in [-0.05, 0) is 59.1 Å². The van der Waals surface area contributed by atoms with E-state index in [1.165, 1.54) is 28.4 Å². The van der Waals surface area contributed by atoms with Gasteiger partial charge >= 0.3 is 0 Å². The Morgan fingerprint density at radius 2 is 2.11 bits per heavy atom. The number of carbonyl (C=O) groups excluding carboxylic acids is 1. The van der Waals surface area contributed by atoms with Crippen molar-refractivity contribution < 1.29 is 13.6 Å². The molecule has 4 atom stereocenters. The van der Waals surface area contributed by atoms with Gasteiger partial charge in [0, 0.05) is 18.9 Å². The predicted octanol–water partition coefficient (Wildman–Crippen LogP) is 4.86. The highest BCUT2D eigenvalue weighted by Gasteiger charge is 2.76. The number of rotatable bonds is 4. The average molecular weight is 371 g/mol. The second kappa shape index (κ2) is 5.40. The van der Waals surface area contributed by atoms with E-state index in [4.69, 9.17) is 0 Å². The normalized spacial score (nSPS) is 30.0. The molecule has 4 nitrogen and oxygen atoms in total. The zero-order valence-corrected chi connectivity index (χ0v) is 15.7. The number of hydrogen-bond donors (Lipinski definition) is 1. The summed E-state index contributed by atoms with van der Waals surface area (Å²) >= 11 is 0. The zero-order chi connectivity index (χ0) is 19.1. The van der Waals surface area contributed by atoms with Crippen LogP contribution in [0.1, 0.15) is 72.1 Å². The van der Waals surface area contributed by atoms with Crippen molar-refractivity contribution in [1.82, 2.24) is 9.78 Å². The van der Waals surface area contributed by atoms with E-state index in [0.717, 1.165) is 18.0 Å². The van der Waals surface area contributed by atoms with Crippen molar-refractivity contribution in [2.75, 3.05) is 5.32 Å². The topological polar surface area (TPSA) is 46.9 Å². The number of anilines is 1. The minimum Gasteiger partial charge on any atom is -0.322 e. The molecule has 0 radical (unpaired) electrons. The lowest BCUT2D eigenvalue weighted by atomic mass is 9.79. The van der Waals surface area contributed by atoms with Crippen molar-refractivity contribution >= 4 is 11.6 Å². The Morgan fingerprint density at radius 3 is 2.81 bits per heavy atom. The second-order valence-corrected chi connectivity index (χ2v) is 8.53. The van der Waals surface area contributed by atoms with E-state index in [1.54, 1.807) is 7.05 Å². The third-order valence-corrected chi connectivity index (χ3v) is 7.22. The van der Waals surface area contributed by atoms with Crippen LogP contribution in [0.25, 0.3) is 0 Å². The van der Waals surface area contributed by atoms with Gasteiger partial charge in [0.15, 0.2) is 0 Å². The summed E-state index contributed by atoms with van der Waals surface area (Å²) in [5, 5.41) is 6.66. The van der Waals surface area contributed by atoms with Gasteiger partial charge in [-0.3, -0.25) is 9.48 Å². The van der Waals surface area contributed by atoms with Crippen LogP contribution in [-0.4, -0.2) is 15.7 Å². The van der Waals surface area contributed by atoms with Gasteiger partial charge in [-0.2, -0.15) is 5.10 Å². The number of alkyl halides is 2. The molecule has 1 amide bonds. The number of nitrogens with zero attached hydrogens (tertiary/aromatic N) is 2. The molecular weight excluding hydrogens is 348 g/mol. The molecule has 0 saturated heterocycles. The molecule has 6 heteroatoms. The van der Waals surface area contributed by atoms with Gasteiger partial charge in [-0.25, -0.2) is 8.78 Å². The van der Waals surface area contributed by atoms with E-state index < -0.39 is 18.0 Å². The first-order valence-electron chi connectivity index (χ1n) is 9.63. The van der Waals surface area contributed by atoms with Crippen LogP contribution < -0.4 is 5.32 Å². The van der Waals surface area contributed by atoms with Gasteiger partial charge in [0.1, 0.15) is 5.69 Å². The van der Waals surface area contributed by atoms with Crippen LogP contribution in [0.3, 0.4) is 0 Å². The lowest BCUT2D eigenvalue weighted by Gasteiger charge is -2.25. The molecule has 0 spiro atoms. The number of fused-ring (bicyclic) bond motifs is 4. The Bertz CT molecular complexity index is 951. The molecule has 2 saturated carbocycles. The standard InChI is InChI=1S/C21H23F2N3O/c1-10(2)21-13-7-8-14(21)17(21)11-5-4-6-15(16(11)13)24-20(27)12-9-26(3)25-18(12)19(22)23/h4-6,9-10,13-14,17,19H,7-8H2,1-3H3,(H,24,27). The molecule has 0 aliphatic heterocycles. The number of hydrogen-bond acceptors (Lipinski definition) is 2. The van der Waals surface area contributed by atoms with E-state index in [2.05, 4.69) is 30.3 Å². The van der Waals surface area contributed by atoms with Crippen molar-refractivity contribution in [1.29, 1.82) is 0 Å². The molecule has 2 fully saturated rings. The van der Waals surface area contributed by atoms with Crippen LogP contribution in [0.15, 0.2) is 24.4 Å². The van der Waals surface area contributed by atoms with Crippen molar-refractivity contribution in [2.45, 2.75) is 45.0 Å². The van der Waals surface area contributed by atoms with Gasteiger partial charge in [0.05, 0.1) is 5.56 Å². The molecule has 2 aromatic rings. The summed E-state index contributed by atoms with van der Waals surface area (Å²) < 4.78 is 27.7. The molecule has 4 unspecified atom stereocenters. The largest absolute Gasteiger partial charge is 0.322 e. The summed E-state index contributed by atoms with van der Waals surface area (Å²) in [6, 6.07) is 6.06. The number of aryl methyl sites for hydroxylation is 1. The highest BCUT2D eigenvalue weighted by atomic mass is 19.3. The number of nitrogens with one attached hydrogen (secondary N) is 1. The molecule has 3 aliphatic carbocycles. The molecule has 1 heterocycles. The fourth-order valence-electron chi connectivity index (χ4n) is 6.45. The Labute approximate surface area is 156 Å². The Morgan fingerprint density at radius 1 is 1.33 bits per heavy atom. The van der Waals surface area contributed by atoms with Crippen molar-refractivity contribution in [3.63, 3.8) is 0 Å². The van der Waals surface area contributed by atoms with E-state index in [9.17, 15) is 13.6 Å². The van der Waals surface area contributed by atoms with Gasteiger partial charge in [0.25, 0.3) is 12.3 Å². The maximum absolute atomic E-state index is 13.2. The summed E-state index contributed by atoms with van der Waals surface area (Å²) in [6.45, 7) is 4.61. The van der Waals surface area contributed by atoms with Gasteiger partial charge in [0.2, 0.25) is 0 Å². The maximum atomic E-state index is 13.2. The number of halogens is 2. The van der Waals surface area contributed by atoms with E-state index in [-0.39, 0.29) is 5.56 Å². The zero-order valence-electron chi connectivity index (χ0n) is 15.7. The van der Waals surface area contributed by atoms with Crippen molar-refractivity contribution in [2.24, 2.45) is 24.3 Å². The molecule has 27 heavy (non-hydrogen) atoms. The summed E-state index contributed by atoms with van der Waals surface area (Å²) in [5.74, 6) is 1.91. The van der Waals surface area contributed by atoms with Crippen LogP contribution >= 0.6 is 0 Å². The fourth-order valence-corrected chi connectivity index (χ4v) is 6.45. The lowest BCUT2D eigenvalue weighted by molar-refractivity contribution is 0.101. The third-order valence-electron chi connectivity index (χ3n) is 7.22. The smallest absolute Gasteiger partial charge is 0.282 e. The highest BCUT2D eigenvalue weighted by Crippen LogP contribution is 2.85. The van der Waals surface area contributed by atoms with Crippen LogP contribution in [0.5, 0.6) is 0 Å². The van der Waals surface area contributed by atoms with Crippen LogP contribution in [-0.2, 0) is 7.05 Å². The first-order valence-corrected chi connectivity index (χ1v) is 9.63. The van der Waals surface area contributed by atoms with E-state index in [1.807, 2.05) is 12.1 Å². The molecule has 142 valence electrons. The molecule has 3 aliphatic rings. The Hall–Kier alpha value is -2.24. The molecular formula is C21H23F2N3O. The number of carbonyl (C=O) groups is 1. The Balaban J connectivity index is 1.51. The highest BCUT2D eigenvalue weighted by molar-refractivity contribution is 6.05. The average Bonchev–Trinajstić information content (AvgIpc) is 2.86. The monoisotopic (exact) mass is 371 g/mol. The van der Waals surface area contributed by atoms with Crippen molar-refractivity contribution in [3.05, 3.63) is 46.8 Å². The lowest BCUT2D eigenvalue weighted by Crippen LogP contribution is -2.19. The minimum absolute atomic E-state index is 0.0591. The molecule has 0 bridgehead atoms. The summed E-state index contributed by atoms with van der Waals surface area (Å²) in [4.78, 5) is 12.8. The fraction of sp³-hybridized carbons (Fsp3) is 0.524. The predicted molar refractivity (Wildman–Crippen MR) is 98.0 cm³/mol. The van der Waals surface area contributed by atoms with Crippen LogP contribution in [0, 0.1) is 17.3 Å². The van der Waals surface area contributed by atoms with Gasteiger partial charge < -0.3 is 5.32 Å². The van der Waals surface area contributed by atoms with Crippen LogP contribution in [0.4, 0.5) is 14.5 Å². The first kappa shape index (κ1) is 16.9. The summed E-state index contributed by atoms with van der Waals surface area (Å²) in [7, 11) is 1.54. The molecule has 5 rings (SSSR count). The quantitative estimate of drug-likeness (QED) is 0.835. The number of aromatic nitrogens is 2.